The summed E-state index contributed by atoms with van der Waals surface area (Å²) in [5, 5.41) is 13.3. The number of nitrogens with one attached hydrogen (secondary N) is 1. The van der Waals surface area contributed by atoms with Crippen molar-refractivity contribution in [3.63, 3.8) is 0 Å². The van der Waals surface area contributed by atoms with E-state index in [9.17, 15) is 5.11 Å². The summed E-state index contributed by atoms with van der Waals surface area (Å²) in [4.78, 5) is 0. The van der Waals surface area contributed by atoms with Crippen molar-refractivity contribution in [3.8, 4) is 5.75 Å². The number of rotatable bonds is 8. The number of hydrogen-bond acceptors (Lipinski definition) is 3. The van der Waals surface area contributed by atoms with Crippen molar-refractivity contribution in [2.45, 2.75) is 45.4 Å². The fraction of sp³-hybridized carbons (Fsp3) is 0.500. The second-order valence-electron chi connectivity index (χ2n) is 5.09. The first kappa shape index (κ1) is 15.7. The van der Waals surface area contributed by atoms with Gasteiger partial charge in [-0.1, -0.05) is 38.1 Å². The maximum atomic E-state index is 10.0. The molecule has 0 amide bonds. The molecule has 0 aliphatic carbocycles. The van der Waals surface area contributed by atoms with Gasteiger partial charge in [0.2, 0.25) is 0 Å². The van der Waals surface area contributed by atoms with E-state index in [-0.39, 0.29) is 12.6 Å². The first-order valence-corrected chi connectivity index (χ1v) is 6.80. The van der Waals surface area contributed by atoms with Crippen LogP contribution in [0.25, 0.3) is 0 Å². The van der Waals surface area contributed by atoms with Crippen molar-refractivity contribution >= 4 is 0 Å². The predicted octanol–water partition coefficient (Wildman–Crippen LogP) is 2.54. The first-order chi connectivity index (χ1) is 9.04. The predicted molar refractivity (Wildman–Crippen MR) is 79.6 cm³/mol. The molecular weight excluding hydrogens is 238 g/mol. The molecule has 1 rings (SSSR count). The molecule has 0 aromatic heterocycles. The third kappa shape index (κ3) is 5.45. The molecule has 0 aliphatic heterocycles. The SMILES string of the molecule is C=CCc1ccccc1OC[C@H](O)[C@H](C)NC(C)C. The molecule has 0 heterocycles. The number of benzene rings is 1. The van der Waals surface area contributed by atoms with Crippen LogP contribution in [0.2, 0.25) is 0 Å². The van der Waals surface area contributed by atoms with Gasteiger partial charge in [0.25, 0.3) is 0 Å². The van der Waals surface area contributed by atoms with Crippen molar-refractivity contribution in [2.24, 2.45) is 0 Å². The van der Waals surface area contributed by atoms with Crippen LogP contribution in [0.3, 0.4) is 0 Å². The van der Waals surface area contributed by atoms with E-state index in [0.717, 1.165) is 17.7 Å². The van der Waals surface area contributed by atoms with E-state index in [4.69, 9.17) is 4.74 Å². The Kier molecular flexibility index (Phi) is 6.60. The van der Waals surface area contributed by atoms with Gasteiger partial charge in [0.05, 0.1) is 0 Å². The van der Waals surface area contributed by atoms with Crippen molar-refractivity contribution < 1.29 is 9.84 Å². The monoisotopic (exact) mass is 263 g/mol. The number of allylic oxidation sites excluding steroid dienone is 1. The Hall–Kier alpha value is -1.32. The zero-order chi connectivity index (χ0) is 14.3. The van der Waals surface area contributed by atoms with Gasteiger partial charge in [0, 0.05) is 12.1 Å². The normalized spacial score (nSPS) is 14.2. The van der Waals surface area contributed by atoms with E-state index in [1.54, 1.807) is 0 Å². The summed E-state index contributed by atoms with van der Waals surface area (Å²) in [6, 6.07) is 8.20. The van der Waals surface area contributed by atoms with Crippen LogP contribution < -0.4 is 10.1 Å². The minimum Gasteiger partial charge on any atom is -0.491 e. The van der Waals surface area contributed by atoms with Crippen molar-refractivity contribution in [1.82, 2.24) is 5.32 Å². The third-order valence-electron chi connectivity index (χ3n) is 2.92. The van der Waals surface area contributed by atoms with Gasteiger partial charge >= 0.3 is 0 Å². The van der Waals surface area contributed by atoms with Gasteiger partial charge in [-0.25, -0.2) is 0 Å². The molecule has 0 saturated heterocycles. The van der Waals surface area contributed by atoms with Crippen molar-refractivity contribution in [1.29, 1.82) is 0 Å². The summed E-state index contributed by atoms with van der Waals surface area (Å²) in [6.45, 7) is 10.1. The molecule has 1 aromatic carbocycles. The van der Waals surface area contributed by atoms with E-state index in [1.165, 1.54) is 0 Å². The highest BCUT2D eigenvalue weighted by molar-refractivity contribution is 5.34. The van der Waals surface area contributed by atoms with Gasteiger partial charge in [-0.2, -0.15) is 0 Å². The summed E-state index contributed by atoms with van der Waals surface area (Å²) >= 11 is 0. The zero-order valence-corrected chi connectivity index (χ0v) is 12.1. The van der Waals surface area contributed by atoms with Crippen molar-refractivity contribution in [3.05, 3.63) is 42.5 Å². The van der Waals surface area contributed by atoms with Crippen LogP contribution in [0.4, 0.5) is 0 Å². The summed E-state index contributed by atoms with van der Waals surface area (Å²) in [6.07, 6.45) is 2.09. The Balaban J connectivity index is 2.54. The smallest absolute Gasteiger partial charge is 0.122 e. The van der Waals surface area contributed by atoms with Gasteiger partial charge in [-0.3, -0.25) is 0 Å². The van der Waals surface area contributed by atoms with E-state index in [1.807, 2.05) is 37.3 Å². The Morgan fingerprint density at radius 1 is 1.32 bits per heavy atom. The number of para-hydroxylation sites is 1. The first-order valence-electron chi connectivity index (χ1n) is 6.80. The molecular formula is C16H25NO2. The van der Waals surface area contributed by atoms with Crippen LogP contribution in [0.15, 0.2) is 36.9 Å². The van der Waals surface area contributed by atoms with Gasteiger partial charge in [0.1, 0.15) is 18.5 Å². The number of aliphatic hydroxyl groups excluding tert-OH is 1. The van der Waals surface area contributed by atoms with Gasteiger partial charge in [0.15, 0.2) is 0 Å². The molecule has 0 saturated carbocycles. The van der Waals surface area contributed by atoms with Gasteiger partial charge in [-0.05, 0) is 25.0 Å². The van der Waals surface area contributed by atoms with Crippen LogP contribution in [-0.2, 0) is 6.42 Å². The molecule has 0 fully saturated rings. The molecule has 2 atom stereocenters. The van der Waals surface area contributed by atoms with Crippen LogP contribution in [0.1, 0.15) is 26.3 Å². The lowest BCUT2D eigenvalue weighted by Gasteiger charge is -2.23. The average Bonchev–Trinajstić information content (AvgIpc) is 2.37. The molecule has 2 N–H and O–H groups in total. The summed E-state index contributed by atoms with van der Waals surface area (Å²) in [5.74, 6) is 0.818. The van der Waals surface area contributed by atoms with E-state index in [2.05, 4.69) is 25.7 Å². The summed E-state index contributed by atoms with van der Waals surface area (Å²) in [5.41, 5.74) is 1.09. The lowest BCUT2D eigenvalue weighted by molar-refractivity contribution is 0.0756. The molecule has 0 radical (unpaired) electrons. The van der Waals surface area contributed by atoms with Crippen LogP contribution in [0.5, 0.6) is 5.75 Å². The highest BCUT2D eigenvalue weighted by Crippen LogP contribution is 2.19. The molecule has 106 valence electrons. The van der Waals surface area contributed by atoms with Crippen LogP contribution in [0, 0.1) is 0 Å². The molecule has 0 spiro atoms. The van der Waals surface area contributed by atoms with Gasteiger partial charge in [-0.15, -0.1) is 6.58 Å². The highest BCUT2D eigenvalue weighted by atomic mass is 16.5. The third-order valence-corrected chi connectivity index (χ3v) is 2.92. The number of hydrogen-bond donors (Lipinski definition) is 2. The fourth-order valence-electron chi connectivity index (χ4n) is 1.93. The lowest BCUT2D eigenvalue weighted by atomic mass is 10.1. The molecule has 0 unspecified atom stereocenters. The Morgan fingerprint density at radius 3 is 2.63 bits per heavy atom. The van der Waals surface area contributed by atoms with E-state index >= 15 is 0 Å². The molecule has 3 nitrogen and oxygen atoms in total. The summed E-state index contributed by atoms with van der Waals surface area (Å²) < 4.78 is 5.72. The lowest BCUT2D eigenvalue weighted by Crippen LogP contribution is -2.43. The Morgan fingerprint density at radius 2 is 2.00 bits per heavy atom. The van der Waals surface area contributed by atoms with E-state index < -0.39 is 6.10 Å². The minimum atomic E-state index is -0.529. The molecule has 1 aromatic rings. The second-order valence-corrected chi connectivity index (χ2v) is 5.09. The summed E-state index contributed by atoms with van der Waals surface area (Å²) in [7, 11) is 0. The quantitative estimate of drug-likeness (QED) is 0.708. The standard InChI is InChI=1S/C16H25NO2/c1-5-8-14-9-6-7-10-16(14)19-11-15(18)13(4)17-12(2)3/h5-7,9-10,12-13,15,17-18H,1,8,11H2,2-4H3/t13-,15-/m0/s1. The maximum Gasteiger partial charge on any atom is 0.122 e. The topological polar surface area (TPSA) is 41.5 Å². The van der Waals surface area contributed by atoms with Crippen LogP contribution in [-0.4, -0.2) is 29.9 Å². The Bertz CT molecular complexity index is 390. The van der Waals surface area contributed by atoms with Crippen LogP contribution >= 0.6 is 0 Å². The average molecular weight is 263 g/mol. The number of ether oxygens (including phenoxy) is 1. The minimum absolute atomic E-state index is 0.00608. The van der Waals surface area contributed by atoms with Crippen molar-refractivity contribution in [2.75, 3.05) is 6.61 Å². The fourth-order valence-corrected chi connectivity index (χ4v) is 1.93. The molecule has 0 bridgehead atoms. The van der Waals surface area contributed by atoms with Gasteiger partial charge < -0.3 is 15.2 Å². The number of aliphatic hydroxyl groups is 1. The van der Waals surface area contributed by atoms with E-state index in [0.29, 0.717) is 6.04 Å². The molecule has 0 aliphatic rings. The maximum absolute atomic E-state index is 10.0. The zero-order valence-electron chi connectivity index (χ0n) is 12.1. The largest absolute Gasteiger partial charge is 0.491 e. The second kappa shape index (κ2) is 7.97. The Labute approximate surface area is 116 Å². The molecule has 3 heteroatoms. The highest BCUT2D eigenvalue weighted by Gasteiger charge is 2.16. The molecule has 19 heavy (non-hydrogen) atoms.